The minimum absolute atomic E-state index is 0.0412. The molecular formula is C14H15F3N2O2. The van der Waals surface area contributed by atoms with Crippen LogP contribution >= 0.6 is 0 Å². The first-order valence-electron chi connectivity index (χ1n) is 6.89. The fraction of sp³-hybridized carbons (Fsp3) is 0.571. The summed E-state index contributed by atoms with van der Waals surface area (Å²) in [6, 6.07) is 2.70. The normalized spacial score (nSPS) is 23.6. The molecule has 1 aliphatic carbocycles. The van der Waals surface area contributed by atoms with Crippen molar-refractivity contribution in [3.8, 4) is 0 Å². The van der Waals surface area contributed by atoms with Gasteiger partial charge in [-0.25, -0.2) is 0 Å². The number of Topliss-reactive ketones (excluding diaryl/α,β-unsaturated/α-hetero) is 1. The number of rotatable bonds is 3. The summed E-state index contributed by atoms with van der Waals surface area (Å²) < 4.78 is 39.1. The summed E-state index contributed by atoms with van der Waals surface area (Å²) >= 11 is 0. The van der Waals surface area contributed by atoms with Crippen molar-refractivity contribution in [2.45, 2.75) is 49.9 Å². The zero-order chi connectivity index (χ0) is 15.3. The van der Waals surface area contributed by atoms with Gasteiger partial charge in [0.2, 0.25) is 5.91 Å². The Hall–Kier alpha value is -1.79. The van der Waals surface area contributed by atoms with E-state index in [-0.39, 0.29) is 12.2 Å². The molecule has 0 radical (unpaired) electrons. The molecule has 1 amide bonds. The first-order valence-corrected chi connectivity index (χ1v) is 6.89. The number of fused-ring (bicyclic) bond motifs is 1. The molecule has 2 aliphatic rings. The van der Waals surface area contributed by atoms with E-state index in [0.717, 1.165) is 0 Å². The third-order valence-corrected chi connectivity index (χ3v) is 4.13. The van der Waals surface area contributed by atoms with Crippen molar-refractivity contribution in [2.24, 2.45) is 0 Å². The van der Waals surface area contributed by atoms with Crippen LogP contribution in [0.4, 0.5) is 13.2 Å². The summed E-state index contributed by atoms with van der Waals surface area (Å²) in [5.41, 5.74) is -0.688. The fourth-order valence-electron chi connectivity index (χ4n) is 2.92. The lowest BCUT2D eigenvalue weighted by atomic mass is 10.0. The molecular weight excluding hydrogens is 285 g/mol. The van der Waals surface area contributed by atoms with Crippen LogP contribution < -0.4 is 5.32 Å². The molecule has 1 atom stereocenters. The van der Waals surface area contributed by atoms with Crippen molar-refractivity contribution in [1.82, 2.24) is 9.88 Å². The van der Waals surface area contributed by atoms with Crippen molar-refractivity contribution >= 4 is 11.7 Å². The second-order valence-electron chi connectivity index (χ2n) is 5.84. The maximum absolute atomic E-state index is 12.5. The number of alkyl halides is 3. The molecule has 0 saturated heterocycles. The van der Waals surface area contributed by atoms with E-state index in [1.165, 1.54) is 0 Å². The molecule has 1 aromatic rings. The van der Waals surface area contributed by atoms with Crippen LogP contribution in [0.5, 0.6) is 0 Å². The van der Waals surface area contributed by atoms with E-state index in [1.54, 1.807) is 22.9 Å². The van der Waals surface area contributed by atoms with Crippen LogP contribution in [-0.2, 0) is 4.79 Å². The number of amides is 1. The molecule has 0 bridgehead atoms. The molecule has 4 nitrogen and oxygen atoms in total. The number of nitrogens with one attached hydrogen (secondary N) is 1. The smallest absolute Gasteiger partial charge is 0.349 e. The molecule has 0 aromatic carbocycles. The zero-order valence-corrected chi connectivity index (χ0v) is 11.2. The van der Waals surface area contributed by atoms with E-state index in [0.29, 0.717) is 25.0 Å². The van der Waals surface area contributed by atoms with Gasteiger partial charge in [-0.3, -0.25) is 9.59 Å². The van der Waals surface area contributed by atoms with Crippen LogP contribution in [0.25, 0.3) is 0 Å². The average molecular weight is 300 g/mol. The van der Waals surface area contributed by atoms with E-state index in [1.807, 2.05) is 0 Å². The molecule has 1 saturated carbocycles. The van der Waals surface area contributed by atoms with Crippen LogP contribution in [0.1, 0.15) is 48.6 Å². The van der Waals surface area contributed by atoms with Gasteiger partial charge in [0.25, 0.3) is 0 Å². The quantitative estimate of drug-likeness (QED) is 0.933. The van der Waals surface area contributed by atoms with Gasteiger partial charge in [0.1, 0.15) is 6.04 Å². The Morgan fingerprint density at radius 2 is 2.14 bits per heavy atom. The Bertz CT molecular complexity index is 587. The third kappa shape index (κ3) is 2.82. The lowest BCUT2D eigenvalue weighted by molar-refractivity contribution is -0.145. The van der Waals surface area contributed by atoms with Gasteiger partial charge in [-0.15, -0.1) is 0 Å². The summed E-state index contributed by atoms with van der Waals surface area (Å²) in [6.07, 6.45) is -2.38. The SMILES string of the molecule is O=C1CCC(C(=O)NC2(CC(F)(F)F)CC2)n2cccc21. The minimum Gasteiger partial charge on any atom is -0.349 e. The molecule has 1 fully saturated rings. The van der Waals surface area contributed by atoms with Gasteiger partial charge < -0.3 is 9.88 Å². The highest BCUT2D eigenvalue weighted by molar-refractivity contribution is 5.97. The van der Waals surface area contributed by atoms with E-state index < -0.39 is 30.1 Å². The third-order valence-electron chi connectivity index (χ3n) is 4.13. The average Bonchev–Trinajstić information content (AvgIpc) is 2.90. The number of hydrogen-bond acceptors (Lipinski definition) is 2. The monoisotopic (exact) mass is 300 g/mol. The van der Waals surface area contributed by atoms with Crippen LogP contribution in [-0.4, -0.2) is 28.0 Å². The second kappa shape index (κ2) is 4.61. The predicted molar refractivity (Wildman–Crippen MR) is 67.8 cm³/mol. The van der Waals surface area contributed by atoms with Crippen LogP contribution in [0.2, 0.25) is 0 Å². The minimum atomic E-state index is -4.29. The fourth-order valence-corrected chi connectivity index (χ4v) is 2.92. The molecule has 21 heavy (non-hydrogen) atoms. The predicted octanol–water partition coefficient (Wildman–Crippen LogP) is 2.61. The molecule has 1 aliphatic heterocycles. The Balaban J connectivity index is 1.73. The topological polar surface area (TPSA) is 51.1 Å². The second-order valence-corrected chi connectivity index (χ2v) is 5.84. The van der Waals surface area contributed by atoms with Crippen molar-refractivity contribution in [1.29, 1.82) is 0 Å². The van der Waals surface area contributed by atoms with Crippen molar-refractivity contribution < 1.29 is 22.8 Å². The van der Waals surface area contributed by atoms with Gasteiger partial charge in [0.15, 0.2) is 5.78 Å². The Kier molecular flexibility index (Phi) is 3.11. The lowest BCUT2D eigenvalue weighted by Gasteiger charge is -2.27. The van der Waals surface area contributed by atoms with E-state index in [4.69, 9.17) is 0 Å². The maximum Gasteiger partial charge on any atom is 0.391 e. The Labute approximate surface area is 119 Å². The summed E-state index contributed by atoms with van der Waals surface area (Å²) in [5.74, 6) is -0.470. The highest BCUT2D eigenvalue weighted by atomic mass is 19.4. The van der Waals surface area contributed by atoms with Gasteiger partial charge in [0, 0.05) is 18.2 Å². The van der Waals surface area contributed by atoms with Gasteiger partial charge in [-0.1, -0.05) is 0 Å². The van der Waals surface area contributed by atoms with Gasteiger partial charge >= 0.3 is 6.18 Å². The Morgan fingerprint density at radius 1 is 1.43 bits per heavy atom. The molecule has 1 unspecified atom stereocenters. The van der Waals surface area contributed by atoms with E-state index in [9.17, 15) is 22.8 Å². The molecule has 0 spiro atoms. The zero-order valence-electron chi connectivity index (χ0n) is 11.2. The van der Waals surface area contributed by atoms with Crippen molar-refractivity contribution in [3.05, 3.63) is 24.0 Å². The Morgan fingerprint density at radius 3 is 2.76 bits per heavy atom. The molecule has 3 rings (SSSR count). The highest BCUT2D eigenvalue weighted by Crippen LogP contribution is 2.44. The first-order chi connectivity index (χ1) is 9.80. The molecule has 1 N–H and O–H groups in total. The summed E-state index contributed by atoms with van der Waals surface area (Å²) in [5, 5.41) is 2.55. The van der Waals surface area contributed by atoms with Gasteiger partial charge in [0.05, 0.1) is 12.1 Å². The maximum atomic E-state index is 12.5. The van der Waals surface area contributed by atoms with Gasteiger partial charge in [-0.2, -0.15) is 13.2 Å². The largest absolute Gasteiger partial charge is 0.391 e. The highest BCUT2D eigenvalue weighted by Gasteiger charge is 2.52. The summed E-state index contributed by atoms with van der Waals surface area (Å²) in [6.45, 7) is 0. The number of hydrogen-bond donors (Lipinski definition) is 1. The number of halogens is 3. The first kappa shape index (κ1) is 14.2. The number of carbonyl (C=O) groups excluding carboxylic acids is 2. The van der Waals surface area contributed by atoms with E-state index >= 15 is 0 Å². The van der Waals surface area contributed by atoms with Crippen molar-refractivity contribution in [3.63, 3.8) is 0 Å². The van der Waals surface area contributed by atoms with Crippen LogP contribution in [0.3, 0.4) is 0 Å². The number of ketones is 1. The summed E-state index contributed by atoms with van der Waals surface area (Å²) in [4.78, 5) is 24.0. The number of aromatic nitrogens is 1. The summed E-state index contributed by atoms with van der Waals surface area (Å²) in [7, 11) is 0. The van der Waals surface area contributed by atoms with Crippen LogP contribution in [0, 0.1) is 0 Å². The molecule has 1 aromatic heterocycles. The number of carbonyl (C=O) groups is 2. The molecule has 114 valence electrons. The lowest BCUT2D eigenvalue weighted by Crippen LogP contribution is -2.44. The van der Waals surface area contributed by atoms with Crippen molar-refractivity contribution in [2.75, 3.05) is 0 Å². The van der Waals surface area contributed by atoms with Crippen LogP contribution in [0.15, 0.2) is 18.3 Å². The molecule has 7 heteroatoms. The number of nitrogens with zero attached hydrogens (tertiary/aromatic N) is 1. The molecule has 2 heterocycles. The standard InChI is InChI=1S/C14H15F3N2O2/c15-14(16,17)8-13(5-6-13)18-12(21)10-3-4-11(20)9-2-1-7-19(9)10/h1-2,7,10H,3-6,8H2,(H,18,21). The van der Waals surface area contributed by atoms with E-state index in [2.05, 4.69) is 5.32 Å². The van der Waals surface area contributed by atoms with Gasteiger partial charge in [-0.05, 0) is 31.4 Å².